The highest BCUT2D eigenvalue weighted by molar-refractivity contribution is 5.81. The maximum Gasteiger partial charge on any atom is 0.308 e. The van der Waals surface area contributed by atoms with Gasteiger partial charge < -0.3 is 15.2 Å². The van der Waals surface area contributed by atoms with Crippen molar-refractivity contribution in [3.8, 4) is 11.5 Å². The van der Waals surface area contributed by atoms with Gasteiger partial charge in [0.25, 0.3) is 5.95 Å². The van der Waals surface area contributed by atoms with Crippen LogP contribution in [-0.2, 0) is 4.79 Å². The molecule has 0 fully saturated rings. The average molecular weight is 276 g/mol. The smallest absolute Gasteiger partial charge is 0.308 e. The van der Waals surface area contributed by atoms with Crippen molar-refractivity contribution in [2.24, 2.45) is 5.10 Å². The molecule has 2 aromatic rings. The van der Waals surface area contributed by atoms with E-state index in [9.17, 15) is 4.79 Å². The normalized spacial score (nSPS) is 10.7. The third-order valence-electron chi connectivity index (χ3n) is 2.23. The fourth-order valence-electron chi connectivity index (χ4n) is 1.40. The van der Waals surface area contributed by atoms with Crippen molar-refractivity contribution in [2.75, 3.05) is 12.8 Å². The lowest BCUT2D eigenvalue weighted by Gasteiger charge is -2.08. The number of benzene rings is 1. The maximum absolute atomic E-state index is 10.9. The Balaban J connectivity index is 2.23. The summed E-state index contributed by atoms with van der Waals surface area (Å²) in [4.78, 5) is 12.0. The molecule has 1 aromatic carbocycles. The fourth-order valence-corrected chi connectivity index (χ4v) is 1.40. The quantitative estimate of drug-likeness (QED) is 0.477. The van der Waals surface area contributed by atoms with Crippen LogP contribution in [-0.4, -0.2) is 39.6 Å². The van der Waals surface area contributed by atoms with E-state index in [0.29, 0.717) is 17.1 Å². The second-order valence-corrected chi connectivity index (χ2v) is 3.68. The fraction of sp³-hybridized carbons (Fsp3) is 0.182. The second-order valence-electron chi connectivity index (χ2n) is 3.68. The summed E-state index contributed by atoms with van der Waals surface area (Å²) in [6.07, 6.45) is 1.49. The summed E-state index contributed by atoms with van der Waals surface area (Å²) >= 11 is 0. The van der Waals surface area contributed by atoms with E-state index < -0.39 is 5.97 Å². The van der Waals surface area contributed by atoms with Gasteiger partial charge in [0.2, 0.25) is 0 Å². The lowest BCUT2D eigenvalue weighted by atomic mass is 10.2. The number of nitrogens with zero attached hydrogens (tertiary/aromatic N) is 5. The summed E-state index contributed by atoms with van der Waals surface area (Å²) in [5.74, 6) is 0.392. The predicted octanol–water partition coefficient (Wildman–Crippen LogP) is 0.0714. The Bertz CT molecular complexity index is 651. The molecule has 0 aliphatic rings. The molecule has 0 bridgehead atoms. The molecule has 0 spiro atoms. The van der Waals surface area contributed by atoms with E-state index >= 15 is 0 Å². The van der Waals surface area contributed by atoms with Crippen molar-refractivity contribution in [3.05, 3.63) is 23.8 Å². The number of ether oxygens (including phenoxy) is 2. The molecular weight excluding hydrogens is 264 g/mol. The van der Waals surface area contributed by atoms with Crippen LogP contribution in [0.15, 0.2) is 23.3 Å². The lowest BCUT2D eigenvalue weighted by Crippen LogP contribution is -2.03. The first-order valence-corrected chi connectivity index (χ1v) is 5.55. The summed E-state index contributed by atoms with van der Waals surface area (Å²) in [5.41, 5.74) is 6.17. The molecule has 2 rings (SSSR count). The molecule has 0 amide bonds. The highest BCUT2D eigenvalue weighted by atomic mass is 16.6. The van der Waals surface area contributed by atoms with Gasteiger partial charge in [-0.25, -0.2) is 0 Å². The topological polar surface area (TPSA) is 118 Å². The maximum atomic E-state index is 10.9. The third-order valence-corrected chi connectivity index (χ3v) is 2.23. The minimum Gasteiger partial charge on any atom is -0.493 e. The third kappa shape index (κ3) is 3.07. The molecule has 0 radical (unpaired) electrons. The van der Waals surface area contributed by atoms with E-state index in [1.807, 2.05) is 0 Å². The van der Waals surface area contributed by atoms with Crippen LogP contribution in [0.25, 0.3) is 0 Å². The van der Waals surface area contributed by atoms with Crippen molar-refractivity contribution < 1.29 is 14.3 Å². The molecule has 1 heterocycles. The first-order valence-electron chi connectivity index (χ1n) is 5.55. The van der Waals surface area contributed by atoms with E-state index in [1.54, 1.807) is 18.2 Å². The van der Waals surface area contributed by atoms with Gasteiger partial charge >= 0.3 is 5.97 Å². The Morgan fingerprint density at radius 2 is 2.25 bits per heavy atom. The molecule has 9 heteroatoms. The standard InChI is InChI=1S/C11H12N6O3/c1-7(18)20-9-4-3-8(5-10(9)19-2)6-13-17-11(12)14-15-16-17/h3-6H,1-2H3,(H2,12,14,16)/b13-6+. The number of hydrogen-bond acceptors (Lipinski definition) is 8. The van der Waals surface area contributed by atoms with Gasteiger partial charge in [-0.3, -0.25) is 4.79 Å². The summed E-state index contributed by atoms with van der Waals surface area (Å²) < 4.78 is 10.1. The van der Waals surface area contributed by atoms with Gasteiger partial charge in [0.1, 0.15) is 0 Å². The number of carbonyl (C=O) groups excluding carboxylic acids is 1. The number of carbonyl (C=O) groups is 1. The second kappa shape index (κ2) is 5.78. The molecule has 0 aliphatic heterocycles. The monoisotopic (exact) mass is 276 g/mol. The Morgan fingerprint density at radius 3 is 2.85 bits per heavy atom. The van der Waals surface area contributed by atoms with Crippen molar-refractivity contribution >= 4 is 18.1 Å². The number of nitrogen functional groups attached to an aromatic ring is 1. The van der Waals surface area contributed by atoms with Gasteiger partial charge in [-0.15, -0.1) is 0 Å². The van der Waals surface area contributed by atoms with Crippen LogP contribution < -0.4 is 15.2 Å². The van der Waals surface area contributed by atoms with Crippen molar-refractivity contribution in [1.29, 1.82) is 0 Å². The molecule has 0 aliphatic carbocycles. The van der Waals surface area contributed by atoms with Gasteiger partial charge in [0, 0.05) is 6.92 Å². The highest BCUT2D eigenvalue weighted by Gasteiger charge is 2.07. The minimum absolute atomic E-state index is 0.0738. The van der Waals surface area contributed by atoms with Crippen LogP contribution in [0.3, 0.4) is 0 Å². The van der Waals surface area contributed by atoms with Crippen LogP contribution in [0, 0.1) is 0 Å². The first kappa shape index (κ1) is 13.5. The molecule has 2 N–H and O–H groups in total. The van der Waals surface area contributed by atoms with Crippen LogP contribution >= 0.6 is 0 Å². The predicted molar refractivity (Wildman–Crippen MR) is 69.5 cm³/mol. The van der Waals surface area contributed by atoms with Crippen molar-refractivity contribution in [2.45, 2.75) is 6.92 Å². The number of nitrogens with two attached hydrogens (primary N) is 1. The Hall–Kier alpha value is -2.97. The van der Waals surface area contributed by atoms with Crippen LogP contribution in [0.4, 0.5) is 5.95 Å². The van der Waals surface area contributed by atoms with Gasteiger partial charge in [0.05, 0.1) is 13.3 Å². The van der Waals surface area contributed by atoms with Crippen LogP contribution in [0.5, 0.6) is 11.5 Å². The largest absolute Gasteiger partial charge is 0.493 e. The zero-order valence-electron chi connectivity index (χ0n) is 10.8. The molecule has 9 nitrogen and oxygen atoms in total. The van der Waals surface area contributed by atoms with E-state index in [0.717, 1.165) is 4.79 Å². The Morgan fingerprint density at radius 1 is 1.45 bits per heavy atom. The molecule has 0 atom stereocenters. The first-order chi connectivity index (χ1) is 9.60. The summed E-state index contributed by atoms with van der Waals surface area (Å²) in [5, 5.41) is 14.4. The molecule has 1 aromatic heterocycles. The molecular formula is C11H12N6O3. The number of anilines is 1. The van der Waals surface area contributed by atoms with E-state index in [-0.39, 0.29) is 5.95 Å². The summed E-state index contributed by atoms with van der Waals surface area (Å²) in [6.45, 7) is 1.31. The zero-order valence-corrected chi connectivity index (χ0v) is 10.8. The number of tetrazole rings is 1. The Labute approximate surface area is 114 Å². The van der Waals surface area contributed by atoms with Crippen LogP contribution in [0.1, 0.15) is 12.5 Å². The van der Waals surface area contributed by atoms with Gasteiger partial charge in [-0.05, 0) is 34.2 Å². The molecule has 0 saturated heterocycles. The average Bonchev–Trinajstić information content (AvgIpc) is 2.82. The SMILES string of the molecule is COc1cc(/C=N/n2nnnc2N)ccc1OC(C)=O. The Kier molecular flexibility index (Phi) is 3.89. The molecule has 20 heavy (non-hydrogen) atoms. The molecule has 0 unspecified atom stereocenters. The summed E-state index contributed by atoms with van der Waals surface area (Å²) in [6, 6.07) is 4.96. The van der Waals surface area contributed by atoms with Gasteiger partial charge in [0.15, 0.2) is 11.5 Å². The number of rotatable bonds is 4. The van der Waals surface area contributed by atoms with E-state index in [1.165, 1.54) is 20.2 Å². The highest BCUT2D eigenvalue weighted by Crippen LogP contribution is 2.27. The van der Waals surface area contributed by atoms with Crippen LogP contribution in [0.2, 0.25) is 0 Å². The van der Waals surface area contributed by atoms with Crippen molar-refractivity contribution in [1.82, 2.24) is 20.3 Å². The van der Waals surface area contributed by atoms with Gasteiger partial charge in [-0.2, -0.15) is 5.10 Å². The number of esters is 1. The number of hydrogen-bond donors (Lipinski definition) is 1. The van der Waals surface area contributed by atoms with Crippen molar-refractivity contribution in [3.63, 3.8) is 0 Å². The minimum atomic E-state index is -0.425. The zero-order chi connectivity index (χ0) is 14.5. The van der Waals surface area contributed by atoms with E-state index in [2.05, 4.69) is 20.6 Å². The number of aromatic nitrogens is 4. The number of methoxy groups -OCH3 is 1. The molecule has 0 saturated carbocycles. The summed E-state index contributed by atoms with van der Waals surface area (Å²) in [7, 11) is 1.47. The lowest BCUT2D eigenvalue weighted by molar-refractivity contribution is -0.132. The van der Waals surface area contributed by atoms with E-state index in [4.69, 9.17) is 15.2 Å². The molecule has 104 valence electrons. The van der Waals surface area contributed by atoms with Gasteiger partial charge in [-0.1, -0.05) is 9.89 Å².